The second-order valence-electron chi connectivity index (χ2n) is 4.87. The highest BCUT2D eigenvalue weighted by Crippen LogP contribution is 2.33. The molecule has 0 spiro atoms. The first-order chi connectivity index (χ1) is 8.36. The van der Waals surface area contributed by atoms with E-state index in [0.717, 1.165) is 31.0 Å². The number of rotatable bonds is 2. The average Bonchev–Trinajstić information content (AvgIpc) is 2.84. The summed E-state index contributed by atoms with van der Waals surface area (Å²) in [5, 5.41) is 12.2. The van der Waals surface area contributed by atoms with Gasteiger partial charge in [-0.3, -0.25) is 4.40 Å². The van der Waals surface area contributed by atoms with Gasteiger partial charge in [-0.15, -0.1) is 10.2 Å². The van der Waals surface area contributed by atoms with Crippen LogP contribution in [-0.2, 0) is 5.41 Å². The molecule has 1 fully saturated rings. The molecule has 90 valence electrons. The van der Waals surface area contributed by atoms with Gasteiger partial charge in [0.1, 0.15) is 5.82 Å². The third kappa shape index (κ3) is 1.63. The van der Waals surface area contributed by atoms with Gasteiger partial charge in [0.25, 0.3) is 0 Å². The molecule has 1 atom stereocenters. The Bertz CT molecular complexity index is 511. The van der Waals surface area contributed by atoms with E-state index in [1.807, 2.05) is 18.2 Å². The van der Waals surface area contributed by atoms with E-state index >= 15 is 0 Å². The van der Waals surface area contributed by atoms with Gasteiger partial charge in [-0.05, 0) is 37.9 Å². The maximum atomic E-state index is 4.43. The third-order valence-corrected chi connectivity index (χ3v) is 3.94. The van der Waals surface area contributed by atoms with Gasteiger partial charge in [0.15, 0.2) is 5.65 Å². The molecule has 3 rings (SSSR count). The van der Waals surface area contributed by atoms with Crippen molar-refractivity contribution < 1.29 is 0 Å². The van der Waals surface area contributed by atoms with Crippen LogP contribution in [0.15, 0.2) is 24.4 Å². The predicted molar refractivity (Wildman–Crippen MR) is 67.1 cm³/mol. The van der Waals surface area contributed by atoms with Gasteiger partial charge in [0.05, 0.1) is 0 Å². The minimum atomic E-state index is 0.152. The van der Waals surface area contributed by atoms with E-state index in [1.165, 1.54) is 12.8 Å². The van der Waals surface area contributed by atoms with Crippen molar-refractivity contribution in [2.24, 2.45) is 0 Å². The molecule has 1 aliphatic heterocycles. The Balaban J connectivity index is 2.12. The van der Waals surface area contributed by atoms with E-state index in [-0.39, 0.29) is 5.41 Å². The number of aromatic nitrogens is 3. The van der Waals surface area contributed by atoms with E-state index < -0.39 is 0 Å². The van der Waals surface area contributed by atoms with Crippen LogP contribution in [0.3, 0.4) is 0 Å². The van der Waals surface area contributed by atoms with Gasteiger partial charge in [0.2, 0.25) is 0 Å². The van der Waals surface area contributed by atoms with Gasteiger partial charge in [0, 0.05) is 18.2 Å². The molecule has 2 aromatic heterocycles. The third-order valence-electron chi connectivity index (χ3n) is 3.94. The van der Waals surface area contributed by atoms with Gasteiger partial charge < -0.3 is 5.32 Å². The Morgan fingerprint density at radius 1 is 1.41 bits per heavy atom. The first kappa shape index (κ1) is 10.7. The highest BCUT2D eigenvalue weighted by Gasteiger charge is 2.36. The molecule has 4 heteroatoms. The summed E-state index contributed by atoms with van der Waals surface area (Å²) in [7, 11) is 0. The van der Waals surface area contributed by atoms with E-state index in [0.29, 0.717) is 0 Å². The Morgan fingerprint density at radius 3 is 3.12 bits per heavy atom. The number of fused-ring (bicyclic) bond motifs is 1. The topological polar surface area (TPSA) is 42.2 Å². The highest BCUT2D eigenvalue weighted by atomic mass is 15.3. The Labute approximate surface area is 101 Å². The standard InChI is InChI=1S/C13H18N4/c1-2-13(7-5-8-14-10-13)12-16-15-11-6-3-4-9-17(11)12/h3-4,6,9,14H,2,5,7-8,10H2,1H3. The largest absolute Gasteiger partial charge is 0.316 e. The molecule has 1 saturated heterocycles. The van der Waals surface area contributed by atoms with Crippen molar-refractivity contribution in [3.8, 4) is 0 Å². The molecule has 2 aromatic rings. The number of nitrogens with one attached hydrogen (secondary N) is 1. The first-order valence-electron chi connectivity index (χ1n) is 6.37. The summed E-state index contributed by atoms with van der Waals surface area (Å²) < 4.78 is 2.14. The zero-order chi connectivity index (χ0) is 11.7. The fraction of sp³-hybridized carbons (Fsp3) is 0.538. The summed E-state index contributed by atoms with van der Waals surface area (Å²) in [5.74, 6) is 1.11. The lowest BCUT2D eigenvalue weighted by molar-refractivity contribution is 0.285. The number of hydrogen-bond acceptors (Lipinski definition) is 3. The Morgan fingerprint density at radius 2 is 2.35 bits per heavy atom. The van der Waals surface area contributed by atoms with Crippen LogP contribution in [0.5, 0.6) is 0 Å². The lowest BCUT2D eigenvalue weighted by Crippen LogP contribution is -2.44. The first-order valence-corrected chi connectivity index (χ1v) is 6.37. The SMILES string of the molecule is CCC1(c2nnc3ccccn23)CCCNC1. The summed E-state index contributed by atoms with van der Waals surface area (Å²) in [6.07, 6.45) is 5.59. The monoisotopic (exact) mass is 230 g/mol. The van der Waals surface area contributed by atoms with Crippen molar-refractivity contribution in [3.05, 3.63) is 30.2 Å². The molecule has 17 heavy (non-hydrogen) atoms. The maximum Gasteiger partial charge on any atom is 0.160 e. The molecule has 0 aliphatic carbocycles. The van der Waals surface area contributed by atoms with Crippen LogP contribution >= 0.6 is 0 Å². The minimum Gasteiger partial charge on any atom is -0.316 e. The summed E-state index contributed by atoms with van der Waals surface area (Å²) in [6, 6.07) is 6.06. The average molecular weight is 230 g/mol. The molecule has 0 amide bonds. The smallest absolute Gasteiger partial charge is 0.160 e. The van der Waals surface area contributed by atoms with Crippen LogP contribution in [0.25, 0.3) is 5.65 Å². The van der Waals surface area contributed by atoms with Crippen molar-refractivity contribution in [1.29, 1.82) is 0 Å². The lowest BCUT2D eigenvalue weighted by atomic mass is 9.77. The second kappa shape index (κ2) is 4.11. The minimum absolute atomic E-state index is 0.152. The Kier molecular flexibility index (Phi) is 2.59. The van der Waals surface area contributed by atoms with E-state index in [2.05, 4.69) is 33.0 Å². The van der Waals surface area contributed by atoms with Crippen LogP contribution in [0.1, 0.15) is 32.0 Å². The molecule has 0 saturated carbocycles. The van der Waals surface area contributed by atoms with Crippen molar-refractivity contribution in [3.63, 3.8) is 0 Å². The van der Waals surface area contributed by atoms with Crippen molar-refractivity contribution in [1.82, 2.24) is 19.9 Å². The van der Waals surface area contributed by atoms with Gasteiger partial charge in [-0.2, -0.15) is 0 Å². The molecule has 1 unspecified atom stereocenters. The molecule has 1 N–H and O–H groups in total. The van der Waals surface area contributed by atoms with Crippen LogP contribution in [0, 0.1) is 0 Å². The lowest BCUT2D eigenvalue weighted by Gasteiger charge is -2.35. The summed E-state index contributed by atoms with van der Waals surface area (Å²) in [5.41, 5.74) is 1.10. The quantitative estimate of drug-likeness (QED) is 0.854. The molecular formula is C13H18N4. The van der Waals surface area contributed by atoms with Gasteiger partial charge in [-0.25, -0.2) is 0 Å². The van der Waals surface area contributed by atoms with Crippen molar-refractivity contribution >= 4 is 5.65 Å². The van der Waals surface area contributed by atoms with E-state index in [4.69, 9.17) is 0 Å². The number of pyridine rings is 1. The number of hydrogen-bond donors (Lipinski definition) is 1. The second-order valence-corrected chi connectivity index (χ2v) is 4.87. The highest BCUT2D eigenvalue weighted by molar-refractivity contribution is 5.38. The predicted octanol–water partition coefficient (Wildman–Crippen LogP) is 1.76. The molecule has 0 aromatic carbocycles. The zero-order valence-corrected chi connectivity index (χ0v) is 10.2. The van der Waals surface area contributed by atoms with Crippen molar-refractivity contribution in [2.75, 3.05) is 13.1 Å². The maximum absolute atomic E-state index is 4.43. The van der Waals surface area contributed by atoms with Gasteiger partial charge in [-0.1, -0.05) is 13.0 Å². The number of piperidine rings is 1. The fourth-order valence-electron chi connectivity index (χ4n) is 2.82. The van der Waals surface area contributed by atoms with Gasteiger partial charge >= 0.3 is 0 Å². The van der Waals surface area contributed by atoms with Crippen LogP contribution in [0.2, 0.25) is 0 Å². The molecule has 0 bridgehead atoms. The molecule has 0 radical (unpaired) electrons. The fourth-order valence-corrected chi connectivity index (χ4v) is 2.82. The summed E-state index contributed by atoms with van der Waals surface area (Å²) in [4.78, 5) is 0. The molecular weight excluding hydrogens is 212 g/mol. The summed E-state index contributed by atoms with van der Waals surface area (Å²) >= 11 is 0. The molecule has 1 aliphatic rings. The number of nitrogens with zero attached hydrogens (tertiary/aromatic N) is 3. The van der Waals surface area contributed by atoms with Crippen LogP contribution in [-0.4, -0.2) is 27.7 Å². The Hall–Kier alpha value is -1.42. The molecule has 3 heterocycles. The van der Waals surface area contributed by atoms with Crippen molar-refractivity contribution in [2.45, 2.75) is 31.6 Å². The van der Waals surface area contributed by atoms with E-state index in [9.17, 15) is 0 Å². The van der Waals surface area contributed by atoms with Crippen LogP contribution < -0.4 is 5.32 Å². The summed E-state index contributed by atoms with van der Waals surface area (Å²) in [6.45, 7) is 4.38. The van der Waals surface area contributed by atoms with Crippen LogP contribution in [0.4, 0.5) is 0 Å². The van der Waals surface area contributed by atoms with E-state index in [1.54, 1.807) is 0 Å². The zero-order valence-electron chi connectivity index (χ0n) is 10.2. The normalized spacial score (nSPS) is 25.2. The molecule has 4 nitrogen and oxygen atoms in total.